The standard InChI is InChI=1S/C25H20F7NO4/c26-17-8-10-18-15(12-17)5-9-19(22(34)33-20(23(35)36)2-1-11-24(27,28)29)21(18)37-13-14-3-6-16(7-4-14)25(30,31)32/h3-10,12,20H,1-2,11,13H2,(H,33,34)(H,35,36)/t20-/m0/s1. The molecule has 0 aliphatic carbocycles. The average molecular weight is 531 g/mol. The van der Waals surface area contributed by atoms with E-state index in [2.05, 4.69) is 5.32 Å². The largest absolute Gasteiger partial charge is 0.487 e. The summed E-state index contributed by atoms with van der Waals surface area (Å²) in [6, 6.07) is 8.58. The lowest BCUT2D eigenvalue weighted by Gasteiger charge is -2.18. The number of hydrogen-bond acceptors (Lipinski definition) is 3. The Morgan fingerprint density at radius 2 is 1.62 bits per heavy atom. The molecule has 198 valence electrons. The third-order valence-corrected chi connectivity index (χ3v) is 5.40. The number of nitrogens with one attached hydrogen (secondary N) is 1. The molecule has 37 heavy (non-hydrogen) atoms. The lowest BCUT2D eigenvalue weighted by atomic mass is 10.0. The number of benzene rings is 3. The molecular weight excluding hydrogens is 511 g/mol. The summed E-state index contributed by atoms with van der Waals surface area (Å²) in [5.41, 5.74) is -0.746. The van der Waals surface area contributed by atoms with Crippen LogP contribution in [-0.2, 0) is 17.6 Å². The van der Waals surface area contributed by atoms with E-state index in [1.54, 1.807) is 0 Å². The first-order valence-corrected chi connectivity index (χ1v) is 10.9. The van der Waals surface area contributed by atoms with E-state index in [0.717, 1.165) is 24.3 Å². The molecule has 0 saturated heterocycles. The minimum atomic E-state index is -4.54. The Hall–Kier alpha value is -3.83. The summed E-state index contributed by atoms with van der Waals surface area (Å²) >= 11 is 0. The maximum Gasteiger partial charge on any atom is 0.416 e. The van der Waals surface area contributed by atoms with Gasteiger partial charge in [0.25, 0.3) is 5.91 Å². The van der Waals surface area contributed by atoms with Gasteiger partial charge < -0.3 is 15.2 Å². The van der Waals surface area contributed by atoms with Crippen LogP contribution in [0, 0.1) is 5.82 Å². The van der Waals surface area contributed by atoms with E-state index in [-0.39, 0.29) is 23.3 Å². The van der Waals surface area contributed by atoms with Gasteiger partial charge in [-0.2, -0.15) is 26.3 Å². The molecule has 0 radical (unpaired) electrons. The molecule has 0 heterocycles. The van der Waals surface area contributed by atoms with Gasteiger partial charge in [-0.05, 0) is 60.2 Å². The highest BCUT2D eigenvalue weighted by Gasteiger charge is 2.30. The van der Waals surface area contributed by atoms with Gasteiger partial charge in [-0.1, -0.05) is 18.2 Å². The van der Waals surface area contributed by atoms with Crippen molar-refractivity contribution < 1.29 is 50.2 Å². The lowest BCUT2D eigenvalue weighted by Crippen LogP contribution is -2.41. The first-order valence-electron chi connectivity index (χ1n) is 10.9. The molecule has 3 aromatic carbocycles. The maximum absolute atomic E-state index is 13.7. The predicted octanol–water partition coefficient (Wildman–Crippen LogP) is 6.49. The molecule has 3 rings (SSSR count). The van der Waals surface area contributed by atoms with E-state index in [9.17, 15) is 45.4 Å². The fraction of sp³-hybridized carbons (Fsp3) is 0.280. The van der Waals surface area contributed by atoms with Crippen LogP contribution in [0.2, 0.25) is 0 Å². The number of fused-ring (bicyclic) bond motifs is 1. The van der Waals surface area contributed by atoms with Gasteiger partial charge >= 0.3 is 18.3 Å². The highest BCUT2D eigenvalue weighted by molar-refractivity contribution is 6.04. The minimum Gasteiger partial charge on any atom is -0.487 e. The van der Waals surface area contributed by atoms with Crippen molar-refractivity contribution in [3.8, 4) is 5.75 Å². The van der Waals surface area contributed by atoms with E-state index in [1.165, 1.54) is 30.3 Å². The second-order valence-corrected chi connectivity index (χ2v) is 8.16. The van der Waals surface area contributed by atoms with E-state index in [4.69, 9.17) is 4.74 Å². The van der Waals surface area contributed by atoms with Crippen molar-refractivity contribution in [2.45, 2.75) is 44.3 Å². The zero-order valence-corrected chi connectivity index (χ0v) is 18.9. The van der Waals surface area contributed by atoms with Gasteiger partial charge in [-0.25, -0.2) is 9.18 Å². The highest BCUT2D eigenvalue weighted by Crippen LogP contribution is 2.33. The number of halogens is 7. The Bertz CT molecular complexity index is 1270. The van der Waals surface area contributed by atoms with Crippen LogP contribution in [0.1, 0.15) is 40.7 Å². The van der Waals surface area contributed by atoms with E-state index < -0.39 is 60.9 Å². The van der Waals surface area contributed by atoms with Gasteiger partial charge in [-0.15, -0.1) is 0 Å². The van der Waals surface area contributed by atoms with Crippen molar-refractivity contribution in [1.82, 2.24) is 5.32 Å². The van der Waals surface area contributed by atoms with Crippen LogP contribution in [0.4, 0.5) is 30.7 Å². The van der Waals surface area contributed by atoms with Crippen molar-refractivity contribution in [2.24, 2.45) is 0 Å². The van der Waals surface area contributed by atoms with Gasteiger partial charge in [0.1, 0.15) is 24.2 Å². The molecular formula is C25H20F7NO4. The summed E-state index contributed by atoms with van der Waals surface area (Å²) in [6.07, 6.45) is -11.3. The Balaban J connectivity index is 1.87. The summed E-state index contributed by atoms with van der Waals surface area (Å²) < 4.78 is 95.2. The van der Waals surface area contributed by atoms with Gasteiger partial charge in [0, 0.05) is 11.8 Å². The molecule has 0 aliphatic rings. The number of aliphatic carboxylic acids is 1. The number of carbonyl (C=O) groups is 2. The fourth-order valence-corrected chi connectivity index (χ4v) is 3.55. The van der Waals surface area contributed by atoms with Gasteiger partial charge in [-0.3, -0.25) is 4.79 Å². The molecule has 1 amide bonds. The molecule has 12 heteroatoms. The molecule has 3 aromatic rings. The molecule has 0 fully saturated rings. The minimum absolute atomic E-state index is 0.102. The lowest BCUT2D eigenvalue weighted by molar-refractivity contribution is -0.142. The summed E-state index contributed by atoms with van der Waals surface area (Å²) in [5, 5.41) is 12.1. The second kappa shape index (κ2) is 11.1. The van der Waals surface area contributed by atoms with E-state index >= 15 is 0 Å². The van der Waals surface area contributed by atoms with Crippen LogP contribution in [0.5, 0.6) is 5.75 Å². The molecule has 0 spiro atoms. The molecule has 2 N–H and O–H groups in total. The van der Waals surface area contributed by atoms with Gasteiger partial charge in [0.05, 0.1) is 11.1 Å². The summed E-state index contributed by atoms with van der Waals surface area (Å²) in [4.78, 5) is 24.5. The fourth-order valence-electron chi connectivity index (χ4n) is 3.55. The Morgan fingerprint density at radius 1 is 0.946 bits per heavy atom. The Labute approximate surface area is 205 Å². The Morgan fingerprint density at radius 3 is 2.22 bits per heavy atom. The summed E-state index contributed by atoms with van der Waals surface area (Å²) in [5.74, 6) is -3.19. The predicted molar refractivity (Wildman–Crippen MR) is 118 cm³/mol. The first-order chi connectivity index (χ1) is 17.2. The van der Waals surface area contributed by atoms with Crippen molar-refractivity contribution in [3.63, 3.8) is 0 Å². The molecule has 0 unspecified atom stereocenters. The van der Waals surface area contributed by atoms with Crippen molar-refractivity contribution in [2.75, 3.05) is 0 Å². The van der Waals surface area contributed by atoms with E-state index in [1.807, 2.05) is 0 Å². The molecule has 1 atom stereocenters. The van der Waals surface area contributed by atoms with Crippen molar-refractivity contribution in [1.29, 1.82) is 0 Å². The number of carboxylic acid groups (broad SMARTS) is 1. The number of rotatable bonds is 9. The van der Waals surface area contributed by atoms with Crippen LogP contribution in [-0.4, -0.2) is 29.2 Å². The quantitative estimate of drug-likeness (QED) is 0.310. The van der Waals surface area contributed by atoms with Gasteiger partial charge in [0.15, 0.2) is 0 Å². The number of carboxylic acids is 1. The zero-order chi connectivity index (χ0) is 27.4. The zero-order valence-electron chi connectivity index (χ0n) is 18.9. The number of hydrogen-bond donors (Lipinski definition) is 2. The highest BCUT2D eigenvalue weighted by atomic mass is 19.4. The molecule has 5 nitrogen and oxygen atoms in total. The van der Waals surface area contributed by atoms with Crippen molar-refractivity contribution >= 4 is 22.6 Å². The smallest absolute Gasteiger partial charge is 0.416 e. The third kappa shape index (κ3) is 7.58. The monoisotopic (exact) mass is 531 g/mol. The molecule has 0 aromatic heterocycles. The number of ether oxygens (including phenoxy) is 1. The molecule has 0 bridgehead atoms. The molecule has 0 saturated carbocycles. The second-order valence-electron chi connectivity index (χ2n) is 8.16. The third-order valence-electron chi connectivity index (χ3n) is 5.40. The van der Waals surface area contributed by atoms with Gasteiger partial charge in [0.2, 0.25) is 0 Å². The first kappa shape index (κ1) is 27.8. The number of alkyl halides is 6. The SMILES string of the molecule is O=C(N[C@@H](CCCC(F)(F)F)C(=O)O)c1ccc2cc(F)ccc2c1OCc1ccc(C(F)(F)F)cc1. The average Bonchev–Trinajstić information content (AvgIpc) is 2.80. The Kier molecular flexibility index (Phi) is 8.29. The number of carbonyl (C=O) groups excluding carboxylic acids is 1. The maximum atomic E-state index is 13.7. The number of amides is 1. The van der Waals surface area contributed by atoms with Crippen LogP contribution in [0.15, 0.2) is 54.6 Å². The molecule has 0 aliphatic heterocycles. The topological polar surface area (TPSA) is 75.6 Å². The van der Waals surface area contributed by atoms with Crippen LogP contribution in [0.3, 0.4) is 0 Å². The van der Waals surface area contributed by atoms with Crippen LogP contribution >= 0.6 is 0 Å². The summed E-state index contributed by atoms with van der Waals surface area (Å²) in [7, 11) is 0. The van der Waals surface area contributed by atoms with Crippen LogP contribution < -0.4 is 10.1 Å². The van der Waals surface area contributed by atoms with Crippen LogP contribution in [0.25, 0.3) is 10.8 Å². The van der Waals surface area contributed by atoms with E-state index in [0.29, 0.717) is 10.9 Å². The van der Waals surface area contributed by atoms with Crippen molar-refractivity contribution in [3.05, 3.63) is 77.1 Å². The normalized spacial score (nSPS) is 12.8. The summed E-state index contributed by atoms with van der Waals surface area (Å²) in [6.45, 7) is -0.289.